The molecule has 2 unspecified atom stereocenters. The first kappa shape index (κ1) is 25.0. The molecule has 1 aliphatic heterocycles. The number of nitrogens with zero attached hydrogens (tertiary/aromatic N) is 3. The molecule has 1 saturated carbocycles. The van der Waals surface area contributed by atoms with Crippen molar-refractivity contribution >= 4 is 20.2 Å². The number of carbonyl (C=O) groups is 2. The molecule has 2 atom stereocenters. The van der Waals surface area contributed by atoms with Crippen molar-refractivity contribution in [2.45, 2.75) is 44.1 Å². The Kier molecular flexibility index (Phi) is 6.56. The largest absolute Gasteiger partial charge is 0.502 e. The standard InChI is InChI=1S/C22H25F2N4O6P/c1-3-27-21(32)17-19(30)18(29)15(20(31)25-10-12-4-5-13(23)8-16(12)24)11-28(17)26(2)22(27)7-6-14(9-22)35(33)34/h4-5,8,11,14,30,33-34H,3,6-7,9-10H2,1-2H3,(H,25,31). The third kappa shape index (κ3) is 4.05. The molecule has 10 nitrogen and oxygen atoms in total. The summed E-state index contributed by atoms with van der Waals surface area (Å²) < 4.78 is 28.3. The molecule has 35 heavy (non-hydrogen) atoms. The highest BCUT2D eigenvalue weighted by Gasteiger charge is 2.54. The number of nitrogens with one attached hydrogen (secondary N) is 1. The lowest BCUT2D eigenvalue weighted by Gasteiger charge is -2.52. The van der Waals surface area contributed by atoms with E-state index in [1.165, 1.54) is 9.58 Å². The second-order valence-corrected chi connectivity index (χ2v) is 9.98. The van der Waals surface area contributed by atoms with Gasteiger partial charge in [0.1, 0.15) is 22.9 Å². The van der Waals surface area contributed by atoms with Crippen LogP contribution in [0.1, 0.15) is 52.6 Å². The predicted octanol–water partition coefficient (Wildman–Crippen LogP) is 1.35. The van der Waals surface area contributed by atoms with E-state index in [2.05, 4.69) is 5.32 Å². The number of halogens is 2. The first-order valence-corrected chi connectivity index (χ1v) is 12.3. The molecule has 0 saturated heterocycles. The topological polar surface area (TPSA) is 135 Å². The number of pyridine rings is 1. The lowest BCUT2D eigenvalue weighted by atomic mass is 10.0. The summed E-state index contributed by atoms with van der Waals surface area (Å²) in [5, 5.41) is 14.6. The summed E-state index contributed by atoms with van der Waals surface area (Å²) in [6.45, 7) is 1.64. The lowest BCUT2D eigenvalue weighted by molar-refractivity contribution is 0.0320. The fourth-order valence-corrected chi connectivity index (χ4v) is 5.78. The lowest BCUT2D eigenvalue weighted by Crippen LogP contribution is -2.68. The van der Waals surface area contributed by atoms with Crippen LogP contribution in [-0.4, -0.2) is 61.2 Å². The first-order valence-electron chi connectivity index (χ1n) is 11.0. The van der Waals surface area contributed by atoms with E-state index in [9.17, 15) is 38.1 Å². The third-order valence-electron chi connectivity index (χ3n) is 6.82. The normalized spacial score (nSPS) is 21.7. The minimum absolute atomic E-state index is 0.00614. The Labute approximate surface area is 200 Å². The zero-order chi connectivity index (χ0) is 25.7. The summed E-state index contributed by atoms with van der Waals surface area (Å²) in [5.74, 6) is -4.10. The molecule has 2 aromatic rings. The first-order chi connectivity index (χ1) is 16.5. The molecule has 188 valence electrons. The molecule has 4 rings (SSSR count). The van der Waals surface area contributed by atoms with Crippen LogP contribution >= 0.6 is 8.38 Å². The van der Waals surface area contributed by atoms with Crippen molar-refractivity contribution in [2.75, 3.05) is 18.6 Å². The Morgan fingerprint density at radius 2 is 2.00 bits per heavy atom. The van der Waals surface area contributed by atoms with Crippen molar-refractivity contribution in [3.8, 4) is 5.75 Å². The van der Waals surface area contributed by atoms with Gasteiger partial charge in [-0.3, -0.25) is 24.1 Å². The molecular formula is C22H25F2N4O6P. The van der Waals surface area contributed by atoms with Crippen LogP contribution in [0, 0.1) is 11.6 Å². The second kappa shape index (κ2) is 9.18. The molecule has 1 spiro atoms. The molecular weight excluding hydrogens is 485 g/mol. The van der Waals surface area contributed by atoms with Crippen LogP contribution in [0.15, 0.2) is 29.2 Å². The van der Waals surface area contributed by atoms with Gasteiger partial charge in [0.2, 0.25) is 5.43 Å². The highest BCUT2D eigenvalue weighted by molar-refractivity contribution is 7.45. The number of aromatic nitrogens is 1. The molecule has 13 heteroatoms. The predicted molar refractivity (Wildman–Crippen MR) is 122 cm³/mol. The zero-order valence-corrected chi connectivity index (χ0v) is 19.9. The van der Waals surface area contributed by atoms with E-state index < -0.39 is 59.9 Å². The number of benzene rings is 1. The zero-order valence-electron chi connectivity index (χ0n) is 19.0. The monoisotopic (exact) mass is 510 g/mol. The SMILES string of the molecule is CCN1C(=O)c2c(O)c(=O)c(C(=O)NCc3ccc(F)cc3F)cn2N(C)C12CCC(P(O)O)C2. The van der Waals surface area contributed by atoms with Crippen LogP contribution in [0.2, 0.25) is 0 Å². The van der Waals surface area contributed by atoms with Crippen molar-refractivity contribution < 1.29 is 33.3 Å². The fourth-order valence-electron chi connectivity index (χ4n) is 4.97. The van der Waals surface area contributed by atoms with Crippen molar-refractivity contribution in [2.24, 2.45) is 0 Å². The minimum atomic E-state index is -2.23. The van der Waals surface area contributed by atoms with Crippen LogP contribution < -0.4 is 15.8 Å². The van der Waals surface area contributed by atoms with Gasteiger partial charge < -0.3 is 25.1 Å². The third-order valence-corrected chi connectivity index (χ3v) is 7.92. The Balaban J connectivity index is 1.71. The van der Waals surface area contributed by atoms with E-state index in [-0.39, 0.29) is 30.8 Å². The number of fused-ring (bicyclic) bond motifs is 1. The van der Waals surface area contributed by atoms with Gasteiger partial charge in [0.25, 0.3) is 11.8 Å². The number of hydrogen-bond donors (Lipinski definition) is 4. The maximum atomic E-state index is 13.9. The van der Waals surface area contributed by atoms with Gasteiger partial charge in [0, 0.05) is 50.0 Å². The van der Waals surface area contributed by atoms with Gasteiger partial charge >= 0.3 is 0 Å². The van der Waals surface area contributed by atoms with Crippen LogP contribution in [0.5, 0.6) is 5.75 Å². The van der Waals surface area contributed by atoms with Crippen LogP contribution in [0.25, 0.3) is 0 Å². The quantitative estimate of drug-likeness (QED) is 0.446. The van der Waals surface area contributed by atoms with Gasteiger partial charge in [-0.25, -0.2) is 8.78 Å². The smallest absolute Gasteiger partial charge is 0.278 e. The molecule has 4 N–H and O–H groups in total. The van der Waals surface area contributed by atoms with Gasteiger partial charge in [-0.05, 0) is 25.8 Å². The molecule has 1 fully saturated rings. The molecule has 1 aromatic heterocycles. The molecule has 2 heterocycles. The van der Waals surface area contributed by atoms with Crippen LogP contribution in [-0.2, 0) is 6.54 Å². The van der Waals surface area contributed by atoms with E-state index >= 15 is 0 Å². The van der Waals surface area contributed by atoms with Crippen molar-refractivity contribution in [1.29, 1.82) is 0 Å². The molecule has 0 bridgehead atoms. The van der Waals surface area contributed by atoms with E-state index in [0.717, 1.165) is 18.3 Å². The van der Waals surface area contributed by atoms with Crippen LogP contribution in [0.3, 0.4) is 0 Å². The number of aromatic hydroxyl groups is 1. The summed E-state index contributed by atoms with van der Waals surface area (Å²) >= 11 is 0. The Morgan fingerprint density at radius 1 is 1.29 bits per heavy atom. The minimum Gasteiger partial charge on any atom is -0.502 e. The number of amides is 2. The number of carbonyl (C=O) groups excluding carboxylic acids is 2. The van der Waals surface area contributed by atoms with E-state index in [0.29, 0.717) is 18.9 Å². The maximum Gasteiger partial charge on any atom is 0.278 e. The number of hydrogen-bond acceptors (Lipinski definition) is 7. The highest BCUT2D eigenvalue weighted by Crippen LogP contribution is 2.50. The molecule has 2 amide bonds. The fraction of sp³-hybridized carbons (Fsp3) is 0.409. The van der Waals surface area contributed by atoms with Crippen molar-refractivity contribution in [3.63, 3.8) is 0 Å². The summed E-state index contributed by atoms with van der Waals surface area (Å²) in [5.41, 5.74) is -3.26. The van der Waals surface area contributed by atoms with Crippen LogP contribution in [0.4, 0.5) is 8.78 Å². The Hall–Kier alpha value is -3.08. The summed E-state index contributed by atoms with van der Waals surface area (Å²) in [7, 11) is -0.606. The average Bonchev–Trinajstić information content (AvgIpc) is 3.25. The van der Waals surface area contributed by atoms with Crippen molar-refractivity contribution in [3.05, 3.63) is 63.1 Å². The molecule has 1 aromatic carbocycles. The molecule has 1 aliphatic carbocycles. The Bertz CT molecular complexity index is 1260. The van der Waals surface area contributed by atoms with E-state index in [4.69, 9.17) is 0 Å². The van der Waals surface area contributed by atoms with Gasteiger partial charge in [0.05, 0.1) is 0 Å². The van der Waals surface area contributed by atoms with Crippen molar-refractivity contribution in [1.82, 2.24) is 14.9 Å². The average molecular weight is 510 g/mol. The Morgan fingerprint density at radius 3 is 2.60 bits per heavy atom. The highest BCUT2D eigenvalue weighted by atomic mass is 31.2. The maximum absolute atomic E-state index is 13.9. The molecule has 2 aliphatic rings. The summed E-state index contributed by atoms with van der Waals surface area (Å²) in [6.07, 6.45) is 2.24. The number of rotatable bonds is 5. The van der Waals surface area contributed by atoms with Gasteiger partial charge in [-0.15, -0.1) is 0 Å². The van der Waals surface area contributed by atoms with Gasteiger partial charge in [-0.2, -0.15) is 0 Å². The second-order valence-electron chi connectivity index (χ2n) is 8.60. The van der Waals surface area contributed by atoms with Gasteiger partial charge in [0.15, 0.2) is 19.8 Å². The molecule has 0 radical (unpaired) electrons. The summed E-state index contributed by atoms with van der Waals surface area (Å²) in [4.78, 5) is 60.0. The van der Waals surface area contributed by atoms with Gasteiger partial charge in [-0.1, -0.05) is 6.07 Å². The van der Waals surface area contributed by atoms with E-state index in [1.807, 2.05) is 0 Å². The van der Waals surface area contributed by atoms with E-state index in [1.54, 1.807) is 19.0 Å². The summed E-state index contributed by atoms with van der Waals surface area (Å²) in [6, 6.07) is 2.86.